The van der Waals surface area contributed by atoms with E-state index in [1.54, 1.807) is 0 Å². The van der Waals surface area contributed by atoms with Gasteiger partial charge in [0.25, 0.3) is 17.1 Å². The number of rotatable bonds is 6. The summed E-state index contributed by atoms with van der Waals surface area (Å²) in [5, 5.41) is 35.7. The molecule has 25 heavy (non-hydrogen) atoms. The number of nitro groups is 3. The van der Waals surface area contributed by atoms with Crippen molar-refractivity contribution >= 4 is 34.9 Å². The molecule has 0 bridgehead atoms. The normalized spacial score (nSPS) is 10.6. The van der Waals surface area contributed by atoms with Crippen LogP contribution in [0.5, 0.6) is 5.75 Å². The molecule has 0 fully saturated rings. The lowest BCUT2D eigenvalue weighted by Crippen LogP contribution is -1.98. The Hall–Kier alpha value is -3.60. The lowest BCUT2D eigenvalue weighted by atomic mass is 10.2. The van der Waals surface area contributed by atoms with Gasteiger partial charge in [0.2, 0.25) is 0 Å². The van der Waals surface area contributed by atoms with Crippen LogP contribution in [-0.2, 0) is 0 Å². The maximum absolute atomic E-state index is 11.0. The van der Waals surface area contributed by atoms with Crippen LogP contribution in [-0.4, -0.2) is 21.0 Å². The van der Waals surface area contributed by atoms with Crippen molar-refractivity contribution in [2.24, 2.45) is 5.16 Å². The highest BCUT2D eigenvalue weighted by Crippen LogP contribution is 2.29. The van der Waals surface area contributed by atoms with E-state index in [0.29, 0.717) is 0 Å². The summed E-state index contributed by atoms with van der Waals surface area (Å²) in [4.78, 5) is 35.0. The summed E-state index contributed by atoms with van der Waals surface area (Å²) >= 11 is 5.81. The van der Waals surface area contributed by atoms with Gasteiger partial charge in [-0.25, -0.2) is 0 Å². The number of hydrogen-bond donors (Lipinski definition) is 0. The molecule has 0 atom stereocenters. The number of non-ortho nitro benzene ring substituents is 2. The highest BCUT2D eigenvalue weighted by molar-refractivity contribution is 6.32. The van der Waals surface area contributed by atoms with Crippen molar-refractivity contribution in [3.05, 3.63) is 77.3 Å². The Morgan fingerprint density at radius 3 is 2.08 bits per heavy atom. The number of hydrogen-bond acceptors (Lipinski definition) is 8. The van der Waals surface area contributed by atoms with Crippen molar-refractivity contribution in [2.75, 3.05) is 0 Å². The molecule has 0 saturated carbocycles. The average molecular weight is 367 g/mol. The van der Waals surface area contributed by atoms with Crippen LogP contribution in [0.3, 0.4) is 0 Å². The van der Waals surface area contributed by atoms with Gasteiger partial charge in [-0.3, -0.25) is 30.3 Å². The summed E-state index contributed by atoms with van der Waals surface area (Å²) in [6, 6.07) is 6.42. The Bertz CT molecular complexity index is 900. The second-order valence-corrected chi connectivity index (χ2v) is 4.86. The van der Waals surface area contributed by atoms with Crippen molar-refractivity contribution in [2.45, 2.75) is 0 Å². The van der Waals surface area contributed by atoms with Crippen LogP contribution in [0, 0.1) is 30.3 Å². The molecule has 2 aromatic carbocycles. The Kier molecular flexibility index (Phi) is 5.19. The second kappa shape index (κ2) is 7.31. The molecule has 0 radical (unpaired) electrons. The van der Waals surface area contributed by atoms with Crippen LogP contribution in [0.2, 0.25) is 5.02 Å². The minimum atomic E-state index is -0.798. The molecule has 11 nitrogen and oxygen atoms in total. The molecule has 0 amide bonds. The third-order valence-electron chi connectivity index (χ3n) is 2.89. The minimum Gasteiger partial charge on any atom is -0.355 e. The highest BCUT2D eigenvalue weighted by atomic mass is 35.5. The van der Waals surface area contributed by atoms with Gasteiger partial charge in [-0.2, -0.15) is 0 Å². The topological polar surface area (TPSA) is 151 Å². The Morgan fingerprint density at radius 2 is 1.52 bits per heavy atom. The van der Waals surface area contributed by atoms with E-state index in [2.05, 4.69) is 5.16 Å². The van der Waals surface area contributed by atoms with Gasteiger partial charge < -0.3 is 4.84 Å². The molecule has 12 heteroatoms. The smallest absolute Gasteiger partial charge is 0.285 e. The summed E-state index contributed by atoms with van der Waals surface area (Å²) in [7, 11) is 0. The Morgan fingerprint density at radius 1 is 0.920 bits per heavy atom. The molecule has 0 aromatic heterocycles. The fourth-order valence-electron chi connectivity index (χ4n) is 1.73. The molecule has 2 rings (SSSR count). The van der Waals surface area contributed by atoms with Gasteiger partial charge in [0, 0.05) is 18.2 Å². The van der Waals surface area contributed by atoms with Crippen molar-refractivity contribution in [3.8, 4) is 5.75 Å². The van der Waals surface area contributed by atoms with Crippen LogP contribution < -0.4 is 4.84 Å². The average Bonchev–Trinajstić information content (AvgIpc) is 2.55. The number of nitro benzene ring substituents is 3. The van der Waals surface area contributed by atoms with Crippen molar-refractivity contribution in [1.82, 2.24) is 0 Å². The van der Waals surface area contributed by atoms with E-state index in [1.807, 2.05) is 0 Å². The molecule has 0 unspecified atom stereocenters. The SMILES string of the molecule is O=[N+]([O-])c1ccc(O/N=C/c2ccc([N+](=O)[O-])cc2[N+](=O)[O-])c(Cl)c1. The molecule has 0 aliphatic heterocycles. The summed E-state index contributed by atoms with van der Waals surface area (Å²) in [6.07, 6.45) is 0.972. The fraction of sp³-hybridized carbons (Fsp3) is 0. The van der Waals surface area contributed by atoms with Gasteiger partial charge in [0.15, 0.2) is 5.75 Å². The number of benzene rings is 2. The number of nitrogens with zero attached hydrogens (tertiary/aromatic N) is 4. The predicted molar refractivity (Wildman–Crippen MR) is 86.1 cm³/mol. The first kappa shape index (κ1) is 17.7. The van der Waals surface area contributed by atoms with E-state index < -0.39 is 26.1 Å². The lowest BCUT2D eigenvalue weighted by molar-refractivity contribution is -0.394. The second-order valence-electron chi connectivity index (χ2n) is 4.45. The van der Waals surface area contributed by atoms with Gasteiger partial charge in [-0.05, 0) is 12.1 Å². The van der Waals surface area contributed by atoms with Gasteiger partial charge >= 0.3 is 0 Å². The number of oxime groups is 1. The van der Waals surface area contributed by atoms with Crippen LogP contribution in [0.25, 0.3) is 0 Å². The molecule has 128 valence electrons. The lowest BCUT2D eigenvalue weighted by Gasteiger charge is -2.01. The standard InChI is InChI=1S/C13H7ClN4O7/c14-11-5-9(16(19)20)3-4-13(11)25-15-7-8-1-2-10(17(21)22)6-12(8)18(23)24/h1-7H/b15-7+. The fourth-order valence-corrected chi connectivity index (χ4v) is 1.94. The van der Waals surface area contributed by atoms with E-state index in [1.165, 1.54) is 6.07 Å². The van der Waals surface area contributed by atoms with Gasteiger partial charge in [0.05, 0.1) is 37.6 Å². The summed E-state index contributed by atoms with van der Waals surface area (Å²) < 4.78 is 0. The molecule has 0 heterocycles. The third-order valence-corrected chi connectivity index (χ3v) is 3.19. The summed E-state index contributed by atoms with van der Waals surface area (Å²) in [5.74, 6) is -0.00641. The highest BCUT2D eigenvalue weighted by Gasteiger charge is 2.18. The molecule has 0 spiro atoms. The Labute approximate surface area is 143 Å². The largest absolute Gasteiger partial charge is 0.355 e. The van der Waals surface area contributed by atoms with Crippen molar-refractivity contribution in [3.63, 3.8) is 0 Å². The predicted octanol–water partition coefficient (Wildman–Crippen LogP) is 3.48. The zero-order valence-electron chi connectivity index (χ0n) is 12.1. The first-order chi connectivity index (χ1) is 11.8. The van der Waals surface area contributed by atoms with E-state index in [4.69, 9.17) is 16.4 Å². The third kappa shape index (κ3) is 4.23. The van der Waals surface area contributed by atoms with E-state index in [-0.39, 0.29) is 22.0 Å². The summed E-state index contributed by atoms with van der Waals surface area (Å²) in [5.41, 5.74) is -1.25. The summed E-state index contributed by atoms with van der Waals surface area (Å²) in [6.45, 7) is 0. The van der Waals surface area contributed by atoms with Crippen LogP contribution >= 0.6 is 11.6 Å². The molecular weight excluding hydrogens is 360 g/mol. The quantitative estimate of drug-likeness (QED) is 0.431. The molecule has 2 aromatic rings. The Balaban J connectivity index is 2.24. The maximum atomic E-state index is 11.0. The van der Waals surface area contributed by atoms with Gasteiger partial charge in [-0.15, -0.1) is 0 Å². The monoisotopic (exact) mass is 366 g/mol. The first-order valence-electron chi connectivity index (χ1n) is 6.36. The zero-order chi connectivity index (χ0) is 18.6. The van der Waals surface area contributed by atoms with Crippen molar-refractivity contribution in [1.29, 1.82) is 0 Å². The van der Waals surface area contributed by atoms with E-state index in [9.17, 15) is 30.3 Å². The van der Waals surface area contributed by atoms with Gasteiger partial charge in [-0.1, -0.05) is 16.8 Å². The van der Waals surface area contributed by atoms with Crippen LogP contribution in [0.4, 0.5) is 17.1 Å². The first-order valence-corrected chi connectivity index (χ1v) is 6.74. The number of halogens is 1. The van der Waals surface area contributed by atoms with Crippen molar-refractivity contribution < 1.29 is 19.6 Å². The molecule has 0 saturated heterocycles. The van der Waals surface area contributed by atoms with Crippen LogP contribution in [0.1, 0.15) is 5.56 Å². The zero-order valence-corrected chi connectivity index (χ0v) is 12.8. The van der Waals surface area contributed by atoms with Gasteiger partial charge in [0.1, 0.15) is 0 Å². The molecule has 0 aliphatic carbocycles. The molecule has 0 N–H and O–H groups in total. The van der Waals surface area contributed by atoms with Crippen LogP contribution in [0.15, 0.2) is 41.6 Å². The van der Waals surface area contributed by atoms with E-state index in [0.717, 1.165) is 36.5 Å². The van der Waals surface area contributed by atoms with E-state index >= 15 is 0 Å². The molecule has 0 aliphatic rings. The minimum absolute atomic E-state index is 0.00641. The molecular formula is C13H7ClN4O7. The maximum Gasteiger partial charge on any atom is 0.285 e.